The van der Waals surface area contributed by atoms with Crippen molar-refractivity contribution < 1.29 is 0 Å². The van der Waals surface area contributed by atoms with E-state index in [-0.39, 0.29) is 0 Å². The Bertz CT molecular complexity index is 526. The molecule has 1 unspecified atom stereocenters. The molecule has 1 fully saturated rings. The minimum absolute atomic E-state index is 0.526. The molecule has 1 atom stereocenters. The number of benzene rings is 1. The highest BCUT2D eigenvalue weighted by molar-refractivity contribution is 7.99. The van der Waals surface area contributed by atoms with Gasteiger partial charge in [-0.1, -0.05) is 6.07 Å². The largest absolute Gasteiger partial charge is 0.369 e. The zero-order chi connectivity index (χ0) is 11.1. The van der Waals surface area contributed by atoms with Gasteiger partial charge in [0.15, 0.2) is 0 Å². The average Bonchev–Trinajstić information content (AvgIpc) is 2.83. The van der Waals surface area contributed by atoms with Crippen LogP contribution in [0.3, 0.4) is 0 Å². The zero-order valence-corrected chi connectivity index (χ0v) is 10.1. The van der Waals surface area contributed by atoms with Gasteiger partial charge in [0.2, 0.25) is 5.95 Å². The van der Waals surface area contributed by atoms with Crippen LogP contribution in [0.15, 0.2) is 18.2 Å². The molecule has 0 spiro atoms. The first-order valence-corrected chi connectivity index (χ1v) is 6.73. The molecule has 1 aromatic carbocycles. The van der Waals surface area contributed by atoms with Gasteiger partial charge >= 0.3 is 0 Å². The summed E-state index contributed by atoms with van der Waals surface area (Å²) in [6.07, 6.45) is 1.20. The predicted octanol–water partition coefficient (Wildman–Crippen LogP) is 2.60. The number of aryl methyl sites for hydroxylation is 1. The van der Waals surface area contributed by atoms with E-state index in [2.05, 4.69) is 34.7 Å². The summed E-state index contributed by atoms with van der Waals surface area (Å²) < 4.78 is 2.20. The third kappa shape index (κ3) is 1.48. The number of hydrogen-bond donors (Lipinski definition) is 1. The van der Waals surface area contributed by atoms with E-state index >= 15 is 0 Å². The van der Waals surface area contributed by atoms with E-state index in [1.807, 2.05) is 11.8 Å². The van der Waals surface area contributed by atoms with Crippen molar-refractivity contribution in [2.45, 2.75) is 19.4 Å². The van der Waals surface area contributed by atoms with Crippen LogP contribution in [0, 0.1) is 6.92 Å². The Labute approximate surface area is 99.0 Å². The molecule has 2 aromatic rings. The lowest BCUT2D eigenvalue weighted by atomic mass is 10.2. The van der Waals surface area contributed by atoms with Crippen LogP contribution >= 0.6 is 11.8 Å². The summed E-state index contributed by atoms with van der Waals surface area (Å²) in [6.45, 7) is 2.08. The maximum atomic E-state index is 6.03. The summed E-state index contributed by atoms with van der Waals surface area (Å²) in [7, 11) is 0. The first kappa shape index (κ1) is 10.0. The molecule has 0 bridgehead atoms. The van der Waals surface area contributed by atoms with Crippen LogP contribution in [0.2, 0.25) is 0 Å². The third-order valence-electron chi connectivity index (χ3n) is 3.14. The number of nitrogens with zero attached hydrogens (tertiary/aromatic N) is 2. The van der Waals surface area contributed by atoms with E-state index in [1.54, 1.807) is 0 Å². The van der Waals surface area contributed by atoms with Gasteiger partial charge in [-0.15, -0.1) is 0 Å². The summed E-state index contributed by atoms with van der Waals surface area (Å²) in [4.78, 5) is 4.45. The quantitative estimate of drug-likeness (QED) is 0.823. The summed E-state index contributed by atoms with van der Waals surface area (Å²) in [5.41, 5.74) is 9.46. The van der Waals surface area contributed by atoms with Crippen LogP contribution in [0.1, 0.15) is 18.0 Å². The molecular formula is C12H15N3S. The van der Waals surface area contributed by atoms with Gasteiger partial charge in [-0.3, -0.25) is 0 Å². The van der Waals surface area contributed by atoms with E-state index < -0.39 is 0 Å². The van der Waals surface area contributed by atoms with E-state index in [0.29, 0.717) is 12.0 Å². The predicted molar refractivity (Wildman–Crippen MR) is 69.9 cm³/mol. The standard InChI is InChI=1S/C12H15N3S/c1-8-2-3-11-10(6-8)14-12(13)15(11)9-4-5-16-7-9/h2-3,6,9H,4-5,7H2,1H3,(H2,13,14). The summed E-state index contributed by atoms with van der Waals surface area (Å²) in [6, 6.07) is 6.89. The highest BCUT2D eigenvalue weighted by atomic mass is 32.2. The Morgan fingerprint density at radius 2 is 2.38 bits per heavy atom. The van der Waals surface area contributed by atoms with Gasteiger partial charge in [0.1, 0.15) is 0 Å². The van der Waals surface area contributed by atoms with Gasteiger partial charge in [0.05, 0.1) is 11.0 Å². The SMILES string of the molecule is Cc1ccc2c(c1)nc(N)n2C1CCSC1. The molecule has 2 heterocycles. The van der Waals surface area contributed by atoms with Gasteiger partial charge < -0.3 is 10.3 Å². The van der Waals surface area contributed by atoms with Gasteiger partial charge in [-0.2, -0.15) is 11.8 Å². The Balaban J connectivity index is 2.18. The Hall–Kier alpha value is -1.16. The molecule has 0 radical (unpaired) electrons. The lowest BCUT2D eigenvalue weighted by Gasteiger charge is -2.13. The lowest BCUT2D eigenvalue weighted by molar-refractivity contribution is 0.583. The first-order valence-electron chi connectivity index (χ1n) is 5.57. The summed E-state index contributed by atoms with van der Waals surface area (Å²) in [5, 5.41) is 0. The van der Waals surface area contributed by atoms with Crippen molar-refractivity contribution in [3.8, 4) is 0 Å². The maximum absolute atomic E-state index is 6.03. The molecule has 0 aliphatic carbocycles. The fraction of sp³-hybridized carbons (Fsp3) is 0.417. The van der Waals surface area contributed by atoms with Crippen molar-refractivity contribution in [2.75, 3.05) is 17.2 Å². The third-order valence-corrected chi connectivity index (χ3v) is 4.29. The molecule has 1 saturated heterocycles. The molecule has 1 aliphatic heterocycles. The van der Waals surface area contributed by atoms with Gasteiger partial charge in [-0.05, 0) is 36.8 Å². The van der Waals surface area contributed by atoms with E-state index in [4.69, 9.17) is 5.73 Å². The highest BCUT2D eigenvalue weighted by Crippen LogP contribution is 2.33. The minimum Gasteiger partial charge on any atom is -0.369 e. The fourth-order valence-corrected chi connectivity index (χ4v) is 3.53. The second kappa shape index (κ2) is 3.70. The van der Waals surface area contributed by atoms with Gasteiger partial charge in [-0.25, -0.2) is 4.98 Å². The normalized spacial score (nSPS) is 20.7. The van der Waals surface area contributed by atoms with Crippen LogP contribution in [0.25, 0.3) is 11.0 Å². The molecule has 4 heteroatoms. The molecule has 84 valence electrons. The maximum Gasteiger partial charge on any atom is 0.201 e. The van der Waals surface area contributed by atoms with Crippen LogP contribution in [0.4, 0.5) is 5.95 Å². The van der Waals surface area contributed by atoms with E-state index in [1.165, 1.54) is 23.3 Å². The van der Waals surface area contributed by atoms with Crippen LogP contribution in [-0.2, 0) is 0 Å². The van der Waals surface area contributed by atoms with Crippen molar-refractivity contribution in [3.63, 3.8) is 0 Å². The van der Waals surface area contributed by atoms with E-state index in [9.17, 15) is 0 Å². The van der Waals surface area contributed by atoms with Crippen molar-refractivity contribution in [1.29, 1.82) is 0 Å². The molecule has 0 amide bonds. The topological polar surface area (TPSA) is 43.8 Å². The monoisotopic (exact) mass is 233 g/mol. The van der Waals surface area contributed by atoms with Crippen molar-refractivity contribution in [1.82, 2.24) is 9.55 Å². The number of aromatic nitrogens is 2. The molecule has 3 nitrogen and oxygen atoms in total. The number of hydrogen-bond acceptors (Lipinski definition) is 3. The average molecular weight is 233 g/mol. The Morgan fingerprint density at radius 1 is 1.50 bits per heavy atom. The molecule has 1 aliphatic rings. The number of nitrogen functional groups attached to an aromatic ring is 1. The number of nitrogens with two attached hydrogens (primary N) is 1. The summed E-state index contributed by atoms with van der Waals surface area (Å²) in [5.74, 6) is 3.05. The zero-order valence-electron chi connectivity index (χ0n) is 9.31. The molecule has 2 N–H and O–H groups in total. The second-order valence-electron chi connectivity index (χ2n) is 4.35. The second-order valence-corrected chi connectivity index (χ2v) is 5.50. The summed E-state index contributed by atoms with van der Waals surface area (Å²) >= 11 is 2.00. The molecule has 0 saturated carbocycles. The Morgan fingerprint density at radius 3 is 3.12 bits per heavy atom. The first-order chi connectivity index (χ1) is 7.75. The fourth-order valence-electron chi connectivity index (χ4n) is 2.34. The Kier molecular flexibility index (Phi) is 2.32. The van der Waals surface area contributed by atoms with E-state index in [0.717, 1.165) is 11.3 Å². The molecule has 1 aromatic heterocycles. The van der Waals surface area contributed by atoms with Crippen LogP contribution in [0.5, 0.6) is 0 Å². The number of imidazole rings is 1. The molecular weight excluding hydrogens is 218 g/mol. The smallest absolute Gasteiger partial charge is 0.201 e. The number of thioether (sulfide) groups is 1. The highest BCUT2D eigenvalue weighted by Gasteiger charge is 2.21. The van der Waals surface area contributed by atoms with Crippen LogP contribution in [-0.4, -0.2) is 21.1 Å². The number of fused-ring (bicyclic) bond motifs is 1. The van der Waals surface area contributed by atoms with Gasteiger partial charge in [0, 0.05) is 11.8 Å². The molecule has 3 rings (SSSR count). The number of rotatable bonds is 1. The van der Waals surface area contributed by atoms with Crippen LogP contribution < -0.4 is 5.73 Å². The van der Waals surface area contributed by atoms with Crippen molar-refractivity contribution in [2.24, 2.45) is 0 Å². The minimum atomic E-state index is 0.526. The lowest BCUT2D eigenvalue weighted by Crippen LogP contribution is -2.10. The number of anilines is 1. The van der Waals surface area contributed by atoms with Crippen molar-refractivity contribution >= 4 is 28.7 Å². The molecule has 16 heavy (non-hydrogen) atoms. The van der Waals surface area contributed by atoms with Gasteiger partial charge in [0.25, 0.3) is 0 Å². The van der Waals surface area contributed by atoms with Crippen molar-refractivity contribution in [3.05, 3.63) is 23.8 Å².